The molecule has 3 fully saturated rings. The van der Waals surface area contributed by atoms with Crippen LogP contribution in [0.1, 0.15) is 63.4 Å². The van der Waals surface area contributed by atoms with Gasteiger partial charge in [-0.1, -0.05) is 81.4 Å². The first kappa shape index (κ1) is 19.3. The summed E-state index contributed by atoms with van der Waals surface area (Å²) in [5, 5.41) is 11.2. The summed E-state index contributed by atoms with van der Waals surface area (Å²) in [7, 11) is 0. The van der Waals surface area contributed by atoms with E-state index < -0.39 is 12.2 Å². The maximum absolute atomic E-state index is 11.2. The lowest BCUT2D eigenvalue weighted by Gasteiger charge is -2.39. The number of hydrogen-bond donors (Lipinski definition) is 1. The molecule has 1 heterocycles. The smallest absolute Gasteiger partial charge is 0.159 e. The molecule has 2 aromatic rings. The summed E-state index contributed by atoms with van der Waals surface area (Å²) >= 11 is 0. The molecule has 3 aliphatic rings. The Morgan fingerprint density at radius 1 is 0.966 bits per heavy atom. The van der Waals surface area contributed by atoms with E-state index >= 15 is 0 Å². The van der Waals surface area contributed by atoms with Gasteiger partial charge in [-0.15, -0.1) is 0 Å². The van der Waals surface area contributed by atoms with Gasteiger partial charge in [-0.2, -0.15) is 0 Å². The lowest BCUT2D eigenvalue weighted by atomic mass is 9.70. The first-order valence-corrected chi connectivity index (χ1v) is 11.0. The molecule has 1 aliphatic heterocycles. The Hall–Kier alpha value is -1.68. The molecule has 5 rings (SSSR count). The van der Waals surface area contributed by atoms with E-state index in [2.05, 4.69) is 20.8 Å². The normalized spacial score (nSPS) is 36.7. The minimum absolute atomic E-state index is 0.223. The fourth-order valence-corrected chi connectivity index (χ4v) is 6.54. The zero-order valence-corrected chi connectivity index (χ0v) is 17.6. The molecule has 154 valence electrons. The summed E-state index contributed by atoms with van der Waals surface area (Å²) in [6.07, 6.45) is 2.31. The Morgan fingerprint density at radius 2 is 1.59 bits per heavy atom. The Labute approximate surface area is 174 Å². The molecular weight excluding hydrogens is 360 g/mol. The zero-order valence-electron chi connectivity index (χ0n) is 17.6. The molecule has 1 N–H and O–H groups in total. The summed E-state index contributed by atoms with van der Waals surface area (Å²) < 4.78 is 13.1. The van der Waals surface area contributed by atoms with Gasteiger partial charge in [0.25, 0.3) is 0 Å². The second kappa shape index (κ2) is 6.94. The molecule has 7 atom stereocenters. The van der Waals surface area contributed by atoms with Crippen LogP contribution in [0.3, 0.4) is 0 Å². The molecule has 2 aromatic carbocycles. The van der Waals surface area contributed by atoms with Gasteiger partial charge in [-0.05, 0) is 46.6 Å². The molecule has 0 spiro atoms. The van der Waals surface area contributed by atoms with Crippen molar-refractivity contribution in [2.24, 2.45) is 22.7 Å². The molecule has 2 saturated carbocycles. The Morgan fingerprint density at radius 3 is 2.21 bits per heavy atom. The molecule has 0 radical (unpaired) electrons. The van der Waals surface area contributed by atoms with Crippen LogP contribution >= 0.6 is 0 Å². The molecule has 0 amide bonds. The van der Waals surface area contributed by atoms with Crippen molar-refractivity contribution in [2.45, 2.75) is 64.6 Å². The van der Waals surface area contributed by atoms with Crippen molar-refractivity contribution in [3.8, 4) is 0 Å². The summed E-state index contributed by atoms with van der Waals surface area (Å²) in [5.74, 6) is 1.28. The van der Waals surface area contributed by atoms with E-state index in [4.69, 9.17) is 9.47 Å². The highest BCUT2D eigenvalue weighted by Crippen LogP contribution is 2.71. The number of hydrogen-bond acceptors (Lipinski definition) is 3. The second-order valence-electron chi connectivity index (χ2n) is 9.99. The van der Waals surface area contributed by atoms with Gasteiger partial charge in [0.2, 0.25) is 0 Å². The van der Waals surface area contributed by atoms with Gasteiger partial charge in [0.05, 0.1) is 6.10 Å². The molecule has 1 unspecified atom stereocenters. The van der Waals surface area contributed by atoms with Gasteiger partial charge in [-0.3, -0.25) is 0 Å². The minimum Gasteiger partial charge on any atom is -0.385 e. The highest BCUT2D eigenvalue weighted by atomic mass is 16.7. The van der Waals surface area contributed by atoms with Crippen LogP contribution in [0.15, 0.2) is 60.7 Å². The van der Waals surface area contributed by atoms with Crippen LogP contribution in [-0.2, 0) is 9.47 Å². The number of ether oxygens (including phenoxy) is 2. The monoisotopic (exact) mass is 392 g/mol. The van der Waals surface area contributed by atoms with Crippen molar-refractivity contribution in [1.82, 2.24) is 0 Å². The lowest BCUT2D eigenvalue weighted by Crippen LogP contribution is -2.38. The van der Waals surface area contributed by atoms with Crippen molar-refractivity contribution in [1.29, 1.82) is 0 Å². The number of benzene rings is 2. The Bertz CT molecular complexity index is 849. The van der Waals surface area contributed by atoms with E-state index in [1.54, 1.807) is 0 Å². The topological polar surface area (TPSA) is 38.7 Å². The van der Waals surface area contributed by atoms with Crippen LogP contribution in [0, 0.1) is 22.7 Å². The molecule has 3 nitrogen and oxygen atoms in total. The predicted molar refractivity (Wildman–Crippen MR) is 113 cm³/mol. The number of aliphatic hydroxyl groups excluding tert-OH is 1. The van der Waals surface area contributed by atoms with E-state index in [0.717, 1.165) is 17.5 Å². The molecule has 2 aliphatic carbocycles. The maximum Gasteiger partial charge on any atom is 0.159 e. The zero-order chi connectivity index (χ0) is 20.2. The van der Waals surface area contributed by atoms with E-state index in [1.807, 2.05) is 60.7 Å². The summed E-state index contributed by atoms with van der Waals surface area (Å²) in [6, 6.07) is 19.8. The first-order valence-electron chi connectivity index (χ1n) is 11.0. The largest absolute Gasteiger partial charge is 0.385 e. The van der Waals surface area contributed by atoms with Crippen LogP contribution in [-0.4, -0.2) is 17.5 Å². The first-order chi connectivity index (χ1) is 13.9. The molecule has 3 heteroatoms. The standard InChI is InChI=1S/C26H32O3/c1-25(2)20-14-15-26(25,3)24-19(20)16-21(29-24)28-23(18-12-8-5-9-13-18)22(27)17-10-6-4-7-11-17/h4-13,19-24,27H,14-16H2,1-3H3/t19-,20+,21-,22?,23-,24-,26-/m0/s1. The minimum atomic E-state index is -0.730. The van der Waals surface area contributed by atoms with Crippen LogP contribution in [0.2, 0.25) is 0 Å². The van der Waals surface area contributed by atoms with Gasteiger partial charge in [-0.25, -0.2) is 0 Å². The quantitative estimate of drug-likeness (QED) is 0.713. The number of rotatable bonds is 5. The highest BCUT2D eigenvalue weighted by molar-refractivity contribution is 5.25. The predicted octanol–water partition coefficient (Wildman–Crippen LogP) is 5.67. The third-order valence-electron chi connectivity index (χ3n) is 8.52. The van der Waals surface area contributed by atoms with Crippen molar-refractivity contribution in [3.63, 3.8) is 0 Å². The fourth-order valence-electron chi connectivity index (χ4n) is 6.54. The average Bonchev–Trinajstić information content (AvgIpc) is 3.31. The fraction of sp³-hybridized carbons (Fsp3) is 0.538. The van der Waals surface area contributed by atoms with Crippen molar-refractivity contribution in [3.05, 3.63) is 71.8 Å². The van der Waals surface area contributed by atoms with Gasteiger partial charge in [0.15, 0.2) is 6.29 Å². The van der Waals surface area contributed by atoms with Crippen LogP contribution in [0.25, 0.3) is 0 Å². The van der Waals surface area contributed by atoms with Gasteiger partial charge < -0.3 is 14.6 Å². The van der Waals surface area contributed by atoms with Crippen LogP contribution < -0.4 is 0 Å². The third kappa shape index (κ3) is 2.90. The van der Waals surface area contributed by atoms with Crippen molar-refractivity contribution < 1.29 is 14.6 Å². The number of fused-ring (bicyclic) bond motifs is 5. The number of aliphatic hydroxyl groups is 1. The molecule has 0 aromatic heterocycles. The van der Waals surface area contributed by atoms with Crippen molar-refractivity contribution in [2.75, 3.05) is 0 Å². The Kier molecular flexibility index (Phi) is 4.62. The summed E-state index contributed by atoms with van der Waals surface area (Å²) in [5.41, 5.74) is 2.41. The van der Waals surface area contributed by atoms with Crippen molar-refractivity contribution >= 4 is 0 Å². The highest BCUT2D eigenvalue weighted by Gasteiger charge is 2.69. The third-order valence-corrected chi connectivity index (χ3v) is 8.52. The SMILES string of the molecule is CC1(C)[C@@H]2CC[C@@]1(C)[C@H]1O[C@H](O[C@@H](c3ccccc3)C(O)c3ccccc3)C[C@@H]21. The van der Waals surface area contributed by atoms with Gasteiger partial charge in [0, 0.05) is 6.42 Å². The van der Waals surface area contributed by atoms with E-state index in [1.165, 1.54) is 12.8 Å². The van der Waals surface area contributed by atoms with Gasteiger partial charge >= 0.3 is 0 Å². The van der Waals surface area contributed by atoms with E-state index in [9.17, 15) is 5.11 Å². The molecular formula is C26H32O3. The van der Waals surface area contributed by atoms with E-state index in [-0.39, 0.29) is 17.8 Å². The molecule has 29 heavy (non-hydrogen) atoms. The lowest BCUT2D eigenvalue weighted by molar-refractivity contribution is -0.206. The molecule has 2 bridgehead atoms. The summed E-state index contributed by atoms with van der Waals surface area (Å²) in [4.78, 5) is 0. The van der Waals surface area contributed by atoms with Gasteiger partial charge in [0.1, 0.15) is 12.2 Å². The van der Waals surface area contributed by atoms with Crippen LogP contribution in [0.5, 0.6) is 0 Å². The van der Waals surface area contributed by atoms with Crippen LogP contribution in [0.4, 0.5) is 0 Å². The average molecular weight is 393 g/mol. The maximum atomic E-state index is 11.2. The summed E-state index contributed by atoms with van der Waals surface area (Å²) in [6.45, 7) is 7.26. The second-order valence-corrected chi connectivity index (χ2v) is 9.99. The Balaban J connectivity index is 1.39. The van der Waals surface area contributed by atoms with E-state index in [0.29, 0.717) is 17.3 Å². The molecule has 1 saturated heterocycles.